The van der Waals surface area contributed by atoms with Crippen molar-refractivity contribution in [2.75, 3.05) is 25.1 Å². The van der Waals surface area contributed by atoms with Gasteiger partial charge in [-0.25, -0.2) is 0 Å². The van der Waals surface area contributed by atoms with Crippen molar-refractivity contribution in [3.63, 3.8) is 0 Å². The molecular formula is C13H19N3O3. The van der Waals surface area contributed by atoms with E-state index in [9.17, 15) is 4.79 Å². The third-order valence-electron chi connectivity index (χ3n) is 3.30. The van der Waals surface area contributed by atoms with Gasteiger partial charge in [-0.2, -0.15) is 4.98 Å². The molecule has 2 rings (SSSR count). The van der Waals surface area contributed by atoms with Crippen molar-refractivity contribution in [1.82, 2.24) is 9.97 Å². The Hall–Kier alpha value is -1.85. The number of nitrogens with zero attached hydrogens (tertiary/aromatic N) is 3. The fourth-order valence-corrected chi connectivity index (χ4v) is 2.26. The van der Waals surface area contributed by atoms with Crippen molar-refractivity contribution in [2.24, 2.45) is 5.92 Å². The maximum Gasteiger partial charge on any atom is 0.323 e. The molecule has 0 bridgehead atoms. The highest BCUT2D eigenvalue weighted by Gasteiger charge is 2.16. The molecule has 1 aliphatic rings. The number of carbonyl (C=O) groups is 1. The van der Waals surface area contributed by atoms with Gasteiger partial charge in [0.1, 0.15) is 6.54 Å². The molecule has 1 aromatic heterocycles. The van der Waals surface area contributed by atoms with Gasteiger partial charge >= 0.3 is 5.97 Å². The summed E-state index contributed by atoms with van der Waals surface area (Å²) in [6, 6.07) is 0. The average molecular weight is 265 g/mol. The molecule has 1 heterocycles. The standard InChI is InChI=1S/C13H19N3O3/c1-16(8-13(17)18)11-6-14-7-12(15-11)19-9-10-4-2-3-5-10/h6-7,10H,2-5,8-9H2,1H3,(H,17,18). The van der Waals surface area contributed by atoms with Crippen molar-refractivity contribution in [2.45, 2.75) is 25.7 Å². The molecule has 1 N–H and O–H groups in total. The first-order valence-corrected chi connectivity index (χ1v) is 6.53. The largest absolute Gasteiger partial charge is 0.480 e. The summed E-state index contributed by atoms with van der Waals surface area (Å²) in [7, 11) is 1.67. The Morgan fingerprint density at radius 3 is 2.89 bits per heavy atom. The molecule has 1 saturated carbocycles. The van der Waals surface area contributed by atoms with Gasteiger partial charge in [-0.1, -0.05) is 12.8 Å². The van der Waals surface area contributed by atoms with Crippen LogP contribution in [0, 0.1) is 5.92 Å². The van der Waals surface area contributed by atoms with Crippen LogP contribution < -0.4 is 9.64 Å². The number of ether oxygens (including phenoxy) is 1. The van der Waals surface area contributed by atoms with Crippen molar-refractivity contribution in [3.05, 3.63) is 12.4 Å². The van der Waals surface area contributed by atoms with Gasteiger partial charge in [0.25, 0.3) is 0 Å². The predicted molar refractivity (Wildman–Crippen MR) is 70.4 cm³/mol. The van der Waals surface area contributed by atoms with Crippen LogP contribution in [0.5, 0.6) is 5.88 Å². The predicted octanol–water partition coefficient (Wildman–Crippen LogP) is 1.57. The van der Waals surface area contributed by atoms with Crippen LogP contribution in [0.3, 0.4) is 0 Å². The van der Waals surface area contributed by atoms with E-state index in [1.165, 1.54) is 36.8 Å². The Morgan fingerprint density at radius 1 is 1.47 bits per heavy atom. The lowest BCUT2D eigenvalue weighted by Crippen LogP contribution is -2.26. The zero-order valence-corrected chi connectivity index (χ0v) is 11.1. The van der Waals surface area contributed by atoms with Gasteiger partial charge in [0.05, 0.1) is 19.0 Å². The van der Waals surface area contributed by atoms with E-state index in [1.54, 1.807) is 13.2 Å². The molecule has 1 fully saturated rings. The van der Waals surface area contributed by atoms with E-state index in [0.717, 1.165) is 0 Å². The molecule has 0 atom stereocenters. The van der Waals surface area contributed by atoms with Crippen LogP contribution in [0.25, 0.3) is 0 Å². The fourth-order valence-electron chi connectivity index (χ4n) is 2.26. The second kappa shape index (κ2) is 6.36. The molecule has 0 aliphatic heterocycles. The smallest absolute Gasteiger partial charge is 0.323 e. The Morgan fingerprint density at radius 2 is 2.21 bits per heavy atom. The van der Waals surface area contributed by atoms with Crippen molar-refractivity contribution in [1.29, 1.82) is 0 Å². The second-order valence-electron chi connectivity index (χ2n) is 4.93. The highest BCUT2D eigenvalue weighted by molar-refractivity contribution is 5.72. The van der Waals surface area contributed by atoms with Crippen LogP contribution in [-0.4, -0.2) is 41.2 Å². The summed E-state index contributed by atoms with van der Waals surface area (Å²) in [4.78, 5) is 20.5. The number of anilines is 1. The van der Waals surface area contributed by atoms with Gasteiger partial charge in [0.15, 0.2) is 5.82 Å². The average Bonchev–Trinajstić information content (AvgIpc) is 2.89. The maximum atomic E-state index is 10.6. The molecule has 0 saturated heterocycles. The summed E-state index contributed by atoms with van der Waals surface area (Å²) in [5.41, 5.74) is 0. The number of hydrogen-bond donors (Lipinski definition) is 1. The summed E-state index contributed by atoms with van der Waals surface area (Å²) in [6.07, 6.45) is 8.08. The molecule has 1 aliphatic carbocycles. The SMILES string of the molecule is CN(CC(=O)O)c1cncc(OCC2CCCC2)n1. The first-order valence-electron chi connectivity index (χ1n) is 6.53. The Bertz CT molecular complexity index is 433. The fraction of sp³-hybridized carbons (Fsp3) is 0.615. The number of hydrogen-bond acceptors (Lipinski definition) is 5. The third-order valence-corrected chi connectivity index (χ3v) is 3.30. The van der Waals surface area contributed by atoms with E-state index in [1.807, 2.05) is 0 Å². The van der Waals surface area contributed by atoms with Crippen molar-refractivity contribution in [3.8, 4) is 5.88 Å². The van der Waals surface area contributed by atoms with E-state index < -0.39 is 5.97 Å². The molecule has 19 heavy (non-hydrogen) atoms. The van der Waals surface area contributed by atoms with E-state index in [4.69, 9.17) is 9.84 Å². The monoisotopic (exact) mass is 265 g/mol. The minimum Gasteiger partial charge on any atom is -0.480 e. The number of likely N-dealkylation sites (N-methyl/N-ethyl adjacent to an activating group) is 1. The summed E-state index contributed by atoms with van der Waals surface area (Å²) >= 11 is 0. The van der Waals surface area contributed by atoms with E-state index in [-0.39, 0.29) is 6.54 Å². The molecular weight excluding hydrogens is 246 g/mol. The maximum absolute atomic E-state index is 10.6. The van der Waals surface area contributed by atoms with Crippen molar-refractivity contribution < 1.29 is 14.6 Å². The van der Waals surface area contributed by atoms with Crippen LogP contribution in [0.1, 0.15) is 25.7 Å². The number of carboxylic acids is 1. The van der Waals surface area contributed by atoms with Gasteiger partial charge < -0.3 is 14.7 Å². The molecule has 6 nitrogen and oxygen atoms in total. The van der Waals surface area contributed by atoms with Gasteiger partial charge in [-0.15, -0.1) is 0 Å². The van der Waals surface area contributed by atoms with Crippen LogP contribution in [-0.2, 0) is 4.79 Å². The number of rotatable bonds is 6. The van der Waals surface area contributed by atoms with Crippen LogP contribution in [0.4, 0.5) is 5.82 Å². The van der Waals surface area contributed by atoms with Gasteiger partial charge in [-0.3, -0.25) is 9.78 Å². The summed E-state index contributed by atoms with van der Waals surface area (Å²) < 4.78 is 5.64. The first kappa shape index (κ1) is 13.6. The highest BCUT2D eigenvalue weighted by atomic mass is 16.5. The molecule has 0 amide bonds. The summed E-state index contributed by atoms with van der Waals surface area (Å²) in [5, 5.41) is 8.74. The molecule has 0 aromatic carbocycles. The quantitative estimate of drug-likeness (QED) is 0.841. The van der Waals surface area contributed by atoms with Crippen LogP contribution in [0.15, 0.2) is 12.4 Å². The topological polar surface area (TPSA) is 75.6 Å². The lowest BCUT2D eigenvalue weighted by Gasteiger charge is -2.16. The normalized spacial score (nSPS) is 15.4. The van der Waals surface area contributed by atoms with Gasteiger partial charge in [-0.05, 0) is 18.8 Å². The molecule has 6 heteroatoms. The van der Waals surface area contributed by atoms with E-state index >= 15 is 0 Å². The van der Waals surface area contributed by atoms with E-state index in [2.05, 4.69) is 9.97 Å². The van der Waals surface area contributed by atoms with Gasteiger partial charge in [0, 0.05) is 7.05 Å². The zero-order chi connectivity index (χ0) is 13.7. The lowest BCUT2D eigenvalue weighted by molar-refractivity contribution is -0.135. The second-order valence-corrected chi connectivity index (χ2v) is 4.93. The van der Waals surface area contributed by atoms with Crippen LogP contribution >= 0.6 is 0 Å². The Balaban J connectivity index is 1.92. The van der Waals surface area contributed by atoms with Gasteiger partial charge in [0.2, 0.25) is 5.88 Å². The van der Waals surface area contributed by atoms with Crippen LogP contribution in [0.2, 0.25) is 0 Å². The minimum atomic E-state index is -0.901. The minimum absolute atomic E-state index is 0.110. The third kappa shape index (κ3) is 4.08. The zero-order valence-electron chi connectivity index (χ0n) is 11.1. The molecule has 0 spiro atoms. The lowest BCUT2D eigenvalue weighted by atomic mass is 10.1. The summed E-state index contributed by atoms with van der Waals surface area (Å²) in [5.74, 6) is 0.678. The first-order chi connectivity index (χ1) is 9.15. The number of carboxylic acid groups (broad SMARTS) is 1. The highest BCUT2D eigenvalue weighted by Crippen LogP contribution is 2.25. The number of aliphatic carboxylic acids is 1. The van der Waals surface area contributed by atoms with Crippen molar-refractivity contribution >= 4 is 11.8 Å². The molecule has 1 aromatic rings. The molecule has 0 radical (unpaired) electrons. The molecule has 0 unspecified atom stereocenters. The summed E-state index contributed by atoms with van der Waals surface area (Å²) in [6.45, 7) is 0.557. The Kier molecular flexibility index (Phi) is 4.54. The van der Waals surface area contributed by atoms with E-state index in [0.29, 0.717) is 24.2 Å². The Labute approximate surface area is 112 Å². The number of aromatic nitrogens is 2. The molecule has 104 valence electrons.